The molecule has 10 nitrogen and oxygen atoms in total. The van der Waals surface area contributed by atoms with Gasteiger partial charge in [0.1, 0.15) is 11.9 Å². The van der Waals surface area contributed by atoms with Crippen LogP contribution in [0.2, 0.25) is 0 Å². The van der Waals surface area contributed by atoms with Crippen molar-refractivity contribution < 1.29 is 14.7 Å². The fourth-order valence-electron chi connectivity index (χ4n) is 4.56. The van der Waals surface area contributed by atoms with Crippen LogP contribution in [0.1, 0.15) is 41.7 Å². The molecule has 10 heteroatoms. The summed E-state index contributed by atoms with van der Waals surface area (Å²) in [5.74, 6) is -0.106. The molecule has 4 aromatic rings. The lowest BCUT2D eigenvalue weighted by atomic mass is 9.90. The number of aliphatic hydroxyl groups is 1. The molecule has 4 aromatic heterocycles. The first-order valence-electron chi connectivity index (χ1n) is 11.4. The topological polar surface area (TPSA) is 140 Å². The van der Waals surface area contributed by atoms with Gasteiger partial charge in [-0.25, -0.2) is 4.98 Å². The van der Waals surface area contributed by atoms with Crippen LogP contribution in [-0.2, 0) is 4.79 Å². The number of aldehydes is 1. The average molecular weight is 472 g/mol. The van der Waals surface area contributed by atoms with E-state index in [4.69, 9.17) is 10.7 Å². The molecule has 5 rings (SSSR count). The van der Waals surface area contributed by atoms with Crippen molar-refractivity contribution >= 4 is 23.7 Å². The van der Waals surface area contributed by atoms with Crippen molar-refractivity contribution in [3.8, 4) is 22.4 Å². The summed E-state index contributed by atoms with van der Waals surface area (Å²) in [7, 11) is 0. The van der Waals surface area contributed by atoms with Crippen LogP contribution in [0.5, 0.6) is 0 Å². The highest BCUT2D eigenvalue weighted by atomic mass is 16.3. The fourth-order valence-corrected chi connectivity index (χ4v) is 4.56. The molecule has 1 saturated heterocycles. The minimum atomic E-state index is -1.03. The number of nitrogens with zero attached hydrogens (tertiary/aromatic N) is 6. The summed E-state index contributed by atoms with van der Waals surface area (Å²) in [6, 6.07) is 7.66. The third-order valence-corrected chi connectivity index (χ3v) is 6.45. The molecule has 35 heavy (non-hydrogen) atoms. The number of aromatic nitrogens is 5. The number of rotatable bonds is 5. The smallest absolute Gasteiger partial charge is 0.251 e. The molecule has 1 fully saturated rings. The first-order chi connectivity index (χ1) is 17.0. The molecule has 1 atom stereocenters. The number of hydrogen-bond donors (Lipinski definition) is 2. The zero-order chi connectivity index (χ0) is 24.5. The van der Waals surface area contributed by atoms with Gasteiger partial charge in [0.2, 0.25) is 0 Å². The molecule has 0 aromatic carbocycles. The van der Waals surface area contributed by atoms with Crippen LogP contribution in [0.3, 0.4) is 0 Å². The number of nitrogens with two attached hydrogens (primary N) is 1. The van der Waals surface area contributed by atoms with E-state index < -0.39 is 6.10 Å². The van der Waals surface area contributed by atoms with Crippen molar-refractivity contribution in [2.45, 2.75) is 31.8 Å². The first-order valence-corrected chi connectivity index (χ1v) is 11.4. The maximum Gasteiger partial charge on any atom is 0.251 e. The molecular formula is C25H25N7O3. The van der Waals surface area contributed by atoms with Gasteiger partial charge in [-0.1, -0.05) is 6.07 Å². The highest BCUT2D eigenvalue weighted by molar-refractivity contribution is 5.87. The molecule has 1 aliphatic rings. The normalized spacial score (nSPS) is 15.3. The second-order valence-electron chi connectivity index (χ2n) is 8.66. The lowest BCUT2D eigenvalue weighted by Gasteiger charge is -2.33. The molecule has 0 radical (unpaired) electrons. The predicted molar refractivity (Wildman–Crippen MR) is 129 cm³/mol. The van der Waals surface area contributed by atoms with Gasteiger partial charge < -0.3 is 15.7 Å². The van der Waals surface area contributed by atoms with Crippen LogP contribution in [0.25, 0.3) is 28.0 Å². The quantitative estimate of drug-likeness (QED) is 0.423. The van der Waals surface area contributed by atoms with E-state index in [9.17, 15) is 14.7 Å². The Labute approximate surface area is 201 Å². The predicted octanol–water partition coefficient (Wildman–Crippen LogP) is 2.33. The molecule has 178 valence electrons. The summed E-state index contributed by atoms with van der Waals surface area (Å²) in [5.41, 5.74) is 11.1. The third kappa shape index (κ3) is 4.12. The zero-order valence-electron chi connectivity index (χ0n) is 19.2. The standard InChI is InChI=1S/C25H25N7O3/c1-15(34)25(35)31-9-6-16(7-10-31)22-20(14-33)23(26)32-24(30-22)19(13-29-32)17-4-5-21(28-12-17)18-3-2-8-27-11-18/h2-5,8,11-16,34H,6-7,9-10,26H2,1H3/t15-/m1/s1. The van der Waals surface area contributed by atoms with Crippen molar-refractivity contribution in [2.24, 2.45) is 0 Å². The number of pyridine rings is 2. The second-order valence-corrected chi connectivity index (χ2v) is 8.66. The highest BCUT2D eigenvalue weighted by Crippen LogP contribution is 2.34. The van der Waals surface area contributed by atoms with E-state index in [0.717, 1.165) is 28.7 Å². The van der Waals surface area contributed by atoms with Crippen LogP contribution in [0.15, 0.2) is 49.1 Å². The van der Waals surface area contributed by atoms with Crippen LogP contribution in [-0.4, -0.2) is 66.0 Å². The Morgan fingerprint density at radius 1 is 1.17 bits per heavy atom. The van der Waals surface area contributed by atoms with E-state index in [2.05, 4.69) is 15.1 Å². The maximum atomic E-state index is 12.1. The van der Waals surface area contributed by atoms with Crippen molar-refractivity contribution in [3.63, 3.8) is 0 Å². The molecule has 1 aliphatic heterocycles. The number of anilines is 1. The Bertz CT molecular complexity index is 1380. The summed E-state index contributed by atoms with van der Waals surface area (Å²) in [6.07, 6.45) is 7.82. The van der Waals surface area contributed by atoms with Crippen LogP contribution >= 0.6 is 0 Å². The van der Waals surface area contributed by atoms with Crippen LogP contribution < -0.4 is 5.73 Å². The lowest BCUT2D eigenvalue weighted by Crippen LogP contribution is -2.42. The zero-order valence-corrected chi connectivity index (χ0v) is 19.2. The first kappa shape index (κ1) is 22.6. The molecule has 0 aliphatic carbocycles. The Morgan fingerprint density at radius 3 is 2.60 bits per heavy atom. The van der Waals surface area contributed by atoms with Crippen molar-refractivity contribution in [3.05, 3.63) is 60.3 Å². The molecule has 3 N–H and O–H groups in total. The van der Waals surface area contributed by atoms with Gasteiger partial charge in [0.15, 0.2) is 11.9 Å². The summed E-state index contributed by atoms with van der Waals surface area (Å²) in [5, 5.41) is 14.0. The lowest BCUT2D eigenvalue weighted by molar-refractivity contribution is -0.140. The monoisotopic (exact) mass is 471 g/mol. The number of carbonyl (C=O) groups excluding carboxylic acids is 2. The molecule has 0 unspecified atom stereocenters. The van der Waals surface area contributed by atoms with Crippen molar-refractivity contribution in [1.29, 1.82) is 0 Å². The van der Waals surface area contributed by atoms with Gasteiger partial charge in [-0.05, 0) is 38.0 Å². The average Bonchev–Trinajstić information content (AvgIpc) is 3.33. The molecular weight excluding hydrogens is 446 g/mol. The Morgan fingerprint density at radius 2 is 1.97 bits per heavy atom. The van der Waals surface area contributed by atoms with Crippen molar-refractivity contribution in [2.75, 3.05) is 18.8 Å². The molecule has 0 bridgehead atoms. The van der Waals surface area contributed by atoms with Gasteiger partial charge in [0.25, 0.3) is 5.91 Å². The van der Waals surface area contributed by atoms with E-state index in [-0.39, 0.29) is 17.6 Å². The minimum Gasteiger partial charge on any atom is -0.384 e. The molecule has 0 spiro atoms. The molecule has 0 saturated carbocycles. The van der Waals surface area contributed by atoms with Gasteiger partial charge in [-0.2, -0.15) is 9.61 Å². The number of amides is 1. The van der Waals surface area contributed by atoms with Gasteiger partial charge in [-0.15, -0.1) is 0 Å². The van der Waals surface area contributed by atoms with Crippen LogP contribution in [0, 0.1) is 0 Å². The van der Waals surface area contributed by atoms with Crippen LogP contribution in [0.4, 0.5) is 5.82 Å². The van der Waals surface area contributed by atoms with Gasteiger partial charge in [0.05, 0.1) is 23.1 Å². The van der Waals surface area contributed by atoms with E-state index in [1.54, 1.807) is 29.7 Å². The number of hydrogen-bond acceptors (Lipinski definition) is 8. The van der Waals surface area contributed by atoms with Gasteiger partial charge in [0, 0.05) is 54.3 Å². The maximum absolute atomic E-state index is 12.1. The number of carbonyl (C=O) groups is 2. The Kier molecular flexibility index (Phi) is 5.96. The summed E-state index contributed by atoms with van der Waals surface area (Å²) >= 11 is 0. The van der Waals surface area contributed by atoms with E-state index in [1.165, 1.54) is 11.4 Å². The van der Waals surface area contributed by atoms with E-state index >= 15 is 0 Å². The number of nitrogen functional groups attached to an aromatic ring is 1. The summed E-state index contributed by atoms with van der Waals surface area (Å²) in [6.45, 7) is 2.42. The third-order valence-electron chi connectivity index (χ3n) is 6.45. The minimum absolute atomic E-state index is 0.0469. The Hall–Kier alpha value is -4.18. The highest BCUT2D eigenvalue weighted by Gasteiger charge is 2.29. The molecule has 5 heterocycles. The van der Waals surface area contributed by atoms with Crippen molar-refractivity contribution in [1.82, 2.24) is 29.5 Å². The SMILES string of the molecule is C[C@@H](O)C(=O)N1CCC(c2nc3c(-c4ccc(-c5cccnc5)nc4)cnn3c(N)c2C=O)CC1. The number of fused-ring (bicyclic) bond motifs is 1. The number of piperidine rings is 1. The van der Waals surface area contributed by atoms with Gasteiger partial charge >= 0.3 is 0 Å². The van der Waals surface area contributed by atoms with E-state index in [0.29, 0.717) is 42.8 Å². The summed E-state index contributed by atoms with van der Waals surface area (Å²) < 4.78 is 1.48. The second kappa shape index (κ2) is 9.22. The molecule has 1 amide bonds. The van der Waals surface area contributed by atoms with E-state index in [1.807, 2.05) is 24.3 Å². The van der Waals surface area contributed by atoms with Gasteiger partial charge in [-0.3, -0.25) is 19.6 Å². The fraction of sp³-hybridized carbons (Fsp3) is 0.280. The Balaban J connectivity index is 1.49. The summed E-state index contributed by atoms with van der Waals surface area (Å²) in [4.78, 5) is 39.3. The number of aliphatic hydroxyl groups excluding tert-OH is 1. The largest absolute Gasteiger partial charge is 0.384 e. The number of likely N-dealkylation sites (tertiary alicyclic amines) is 1.